The summed E-state index contributed by atoms with van der Waals surface area (Å²) in [5.41, 5.74) is 1.62. The second-order valence-corrected chi connectivity index (χ2v) is 9.22. The van der Waals surface area contributed by atoms with E-state index in [9.17, 15) is 14.7 Å². The predicted octanol–water partition coefficient (Wildman–Crippen LogP) is 6.22. The summed E-state index contributed by atoms with van der Waals surface area (Å²) in [7, 11) is 0. The molecule has 1 aliphatic heterocycles. The molecule has 0 atom stereocenters. The molecule has 9 heteroatoms. The first kappa shape index (κ1) is 26.6. The van der Waals surface area contributed by atoms with E-state index in [1.165, 1.54) is 0 Å². The molecule has 0 spiro atoms. The molecule has 0 saturated heterocycles. The van der Waals surface area contributed by atoms with Gasteiger partial charge in [0.1, 0.15) is 23.0 Å². The van der Waals surface area contributed by atoms with Crippen LogP contribution in [0.15, 0.2) is 68.2 Å². The molecule has 1 aliphatic rings. The molecule has 0 radical (unpaired) electrons. The molecule has 0 saturated carbocycles. The van der Waals surface area contributed by atoms with Crippen molar-refractivity contribution in [1.29, 1.82) is 0 Å². The summed E-state index contributed by atoms with van der Waals surface area (Å²) < 4.78 is 17.8. The van der Waals surface area contributed by atoms with Crippen LogP contribution in [0.2, 0.25) is 0 Å². The first-order chi connectivity index (χ1) is 16.9. The molecule has 7 nitrogen and oxygen atoms in total. The van der Waals surface area contributed by atoms with Gasteiger partial charge in [-0.2, -0.15) is 0 Å². The van der Waals surface area contributed by atoms with Gasteiger partial charge in [-0.25, -0.2) is 9.79 Å². The largest absolute Gasteiger partial charge is 0.506 e. The number of carbonyl (C=O) groups is 2. The van der Waals surface area contributed by atoms with Crippen LogP contribution < -0.4 is 9.47 Å². The Morgan fingerprint density at radius 2 is 1.77 bits per heavy atom. The summed E-state index contributed by atoms with van der Waals surface area (Å²) in [6.45, 7) is 6.17. The average Bonchev–Trinajstić information content (AvgIpc) is 3.14. The number of aliphatic imine (C=N–C) groups is 1. The van der Waals surface area contributed by atoms with Crippen LogP contribution in [0.1, 0.15) is 38.3 Å². The summed E-state index contributed by atoms with van der Waals surface area (Å²) in [5.74, 6) is -0.265. The fourth-order valence-electron chi connectivity index (χ4n) is 3.08. The number of rotatable bonds is 9. The van der Waals surface area contributed by atoms with Crippen molar-refractivity contribution in [3.05, 3.63) is 74.3 Å². The lowest BCUT2D eigenvalue weighted by Crippen LogP contribution is -2.14. The molecule has 1 heterocycles. The minimum absolute atomic E-state index is 0.107. The third-order valence-electron chi connectivity index (χ3n) is 4.77. The van der Waals surface area contributed by atoms with E-state index in [1.807, 2.05) is 37.3 Å². The van der Waals surface area contributed by atoms with Crippen molar-refractivity contribution < 1.29 is 28.9 Å². The molecular formula is C26H26BrNO6S. The minimum Gasteiger partial charge on any atom is -0.506 e. The normalized spacial score (nSPS) is 15.5. The van der Waals surface area contributed by atoms with Gasteiger partial charge in [0, 0.05) is 10.9 Å². The highest BCUT2D eigenvalue weighted by atomic mass is 79.9. The van der Waals surface area contributed by atoms with Gasteiger partial charge in [-0.15, -0.1) is 0 Å². The third-order valence-corrected chi connectivity index (χ3v) is 6.32. The number of halogens is 1. The van der Waals surface area contributed by atoms with Crippen LogP contribution in [-0.2, 0) is 20.9 Å². The topological polar surface area (TPSA) is 94.4 Å². The Labute approximate surface area is 217 Å². The number of benzene rings is 2. The van der Waals surface area contributed by atoms with Gasteiger partial charge in [0.2, 0.25) is 5.91 Å². The van der Waals surface area contributed by atoms with E-state index in [2.05, 4.69) is 20.9 Å². The smallest absolute Gasteiger partial charge is 0.344 e. The molecule has 2 aromatic carbocycles. The lowest BCUT2D eigenvalue weighted by Gasteiger charge is -2.13. The maximum Gasteiger partial charge on any atom is 0.344 e. The van der Waals surface area contributed by atoms with Gasteiger partial charge in [-0.05, 0) is 55.3 Å². The maximum absolute atomic E-state index is 12.4. The molecule has 0 unspecified atom stereocenters. The van der Waals surface area contributed by atoms with E-state index in [-0.39, 0.29) is 29.4 Å². The van der Waals surface area contributed by atoms with E-state index < -0.39 is 11.9 Å². The summed E-state index contributed by atoms with van der Waals surface area (Å²) in [6.07, 6.45) is 1.87. The number of nitrogens with zero attached hydrogens (tertiary/aromatic N) is 1. The number of thioether (sulfide) groups is 1. The fourth-order valence-corrected chi connectivity index (χ4v) is 4.38. The van der Waals surface area contributed by atoms with Crippen LogP contribution in [0.25, 0.3) is 6.08 Å². The zero-order valence-corrected chi connectivity index (χ0v) is 22.1. The van der Waals surface area contributed by atoms with Crippen molar-refractivity contribution in [2.45, 2.75) is 33.8 Å². The second kappa shape index (κ2) is 12.6. The van der Waals surface area contributed by atoms with Crippen LogP contribution in [0.3, 0.4) is 0 Å². The summed E-state index contributed by atoms with van der Waals surface area (Å²) in [6, 6.07) is 13.2. The first-order valence-electron chi connectivity index (χ1n) is 11.1. The summed E-state index contributed by atoms with van der Waals surface area (Å²) in [4.78, 5) is 28.7. The van der Waals surface area contributed by atoms with E-state index in [0.717, 1.165) is 21.8 Å². The summed E-state index contributed by atoms with van der Waals surface area (Å²) in [5, 5.41) is 10.9. The molecule has 1 amide bonds. The van der Waals surface area contributed by atoms with Gasteiger partial charge >= 0.3 is 5.97 Å². The van der Waals surface area contributed by atoms with E-state index in [4.69, 9.17) is 14.2 Å². The highest BCUT2D eigenvalue weighted by Gasteiger charge is 2.33. The maximum atomic E-state index is 12.4. The average molecular weight is 560 g/mol. The van der Waals surface area contributed by atoms with E-state index in [1.54, 1.807) is 32.1 Å². The molecule has 0 aliphatic carbocycles. The van der Waals surface area contributed by atoms with Crippen LogP contribution in [0, 0.1) is 0 Å². The molecular weight excluding hydrogens is 534 g/mol. The minimum atomic E-state index is -0.727. The third kappa shape index (κ3) is 6.99. The van der Waals surface area contributed by atoms with Crippen molar-refractivity contribution in [2.24, 2.45) is 4.99 Å². The molecule has 1 N–H and O–H groups in total. The lowest BCUT2D eigenvalue weighted by atomic mass is 10.1. The Kier molecular flexibility index (Phi) is 9.56. The SMILES string of the molecule is CCOC(=O)C1=C(O)/C(=C/c2ccc(OCc3ccc(Br)cc3)c(OCC)c2)SC1=NC(=O)CC. The first-order valence-corrected chi connectivity index (χ1v) is 12.7. The Morgan fingerprint density at radius 1 is 1.03 bits per heavy atom. The number of hydrogen-bond acceptors (Lipinski definition) is 7. The van der Waals surface area contributed by atoms with Crippen molar-refractivity contribution in [1.82, 2.24) is 0 Å². The highest BCUT2D eigenvalue weighted by Crippen LogP contribution is 2.40. The Balaban J connectivity index is 1.89. The number of aliphatic hydroxyl groups excluding tert-OH is 1. The van der Waals surface area contributed by atoms with Gasteiger partial charge in [0.05, 0.1) is 18.1 Å². The Morgan fingerprint density at radius 3 is 2.43 bits per heavy atom. The van der Waals surface area contributed by atoms with Gasteiger partial charge in [-0.3, -0.25) is 4.79 Å². The lowest BCUT2D eigenvalue weighted by molar-refractivity contribution is -0.138. The molecule has 0 aromatic heterocycles. The second-order valence-electron chi connectivity index (χ2n) is 7.27. The summed E-state index contributed by atoms with van der Waals surface area (Å²) >= 11 is 4.46. The number of carbonyl (C=O) groups excluding carboxylic acids is 2. The van der Waals surface area contributed by atoms with Crippen molar-refractivity contribution >= 4 is 50.7 Å². The van der Waals surface area contributed by atoms with Crippen LogP contribution in [0.4, 0.5) is 0 Å². The van der Waals surface area contributed by atoms with Crippen LogP contribution in [0.5, 0.6) is 11.5 Å². The number of hydrogen-bond donors (Lipinski definition) is 1. The number of aliphatic hydroxyl groups is 1. The molecule has 2 aromatic rings. The van der Waals surface area contributed by atoms with Crippen molar-refractivity contribution in [3.63, 3.8) is 0 Å². The van der Waals surface area contributed by atoms with Crippen molar-refractivity contribution in [2.75, 3.05) is 13.2 Å². The Bertz CT molecular complexity index is 1190. The van der Waals surface area contributed by atoms with Crippen LogP contribution in [-0.4, -0.2) is 35.2 Å². The molecule has 35 heavy (non-hydrogen) atoms. The van der Waals surface area contributed by atoms with E-state index >= 15 is 0 Å². The number of amides is 1. The number of ether oxygens (including phenoxy) is 3. The molecule has 3 rings (SSSR count). The molecule has 0 bridgehead atoms. The Hall–Kier alpha value is -3.04. The predicted molar refractivity (Wildman–Crippen MR) is 141 cm³/mol. The van der Waals surface area contributed by atoms with E-state index in [0.29, 0.717) is 35.2 Å². The zero-order chi connectivity index (χ0) is 25.4. The van der Waals surface area contributed by atoms with Gasteiger partial charge < -0.3 is 19.3 Å². The van der Waals surface area contributed by atoms with Crippen LogP contribution >= 0.6 is 27.7 Å². The molecule has 0 fully saturated rings. The van der Waals surface area contributed by atoms with Gasteiger partial charge in [0.15, 0.2) is 11.5 Å². The standard InChI is InChI=1S/C26H26BrNO6S/c1-4-22(29)28-25-23(26(31)33-6-3)24(30)21(35-25)14-17-9-12-19(20(13-17)32-5-2)34-15-16-7-10-18(27)11-8-16/h7-14,30H,4-6,15H2,1-3H3/b21-14-,28-25?. The van der Waals surface area contributed by atoms with Crippen molar-refractivity contribution in [3.8, 4) is 11.5 Å². The highest BCUT2D eigenvalue weighted by molar-refractivity contribution is 9.10. The number of esters is 1. The van der Waals surface area contributed by atoms with Gasteiger partial charge in [-0.1, -0.05) is 52.8 Å². The fraction of sp³-hybridized carbons (Fsp3) is 0.269. The van der Waals surface area contributed by atoms with Gasteiger partial charge in [0.25, 0.3) is 0 Å². The molecule has 184 valence electrons. The quantitative estimate of drug-likeness (QED) is 0.364. The zero-order valence-electron chi connectivity index (χ0n) is 19.7. The monoisotopic (exact) mass is 559 g/mol.